The first-order chi connectivity index (χ1) is 10.3. The predicted molar refractivity (Wildman–Crippen MR) is 82.4 cm³/mol. The highest BCUT2D eigenvalue weighted by Crippen LogP contribution is 2.17. The number of aromatic nitrogens is 2. The number of aryl methyl sites for hydroxylation is 1. The zero-order valence-corrected chi connectivity index (χ0v) is 12.9. The number of rotatable bonds is 4. The van der Waals surface area contributed by atoms with Gasteiger partial charge in [0.25, 0.3) is 5.91 Å². The van der Waals surface area contributed by atoms with Crippen molar-refractivity contribution < 1.29 is 9.90 Å². The Balaban J connectivity index is 2.10. The number of carbonyl (C=O) groups is 1. The quantitative estimate of drug-likeness (QED) is 0.903. The fourth-order valence-corrected chi connectivity index (χ4v) is 2.10. The van der Waals surface area contributed by atoms with Crippen LogP contribution in [0.3, 0.4) is 0 Å². The smallest absolute Gasteiger partial charge is 0.257 e. The van der Waals surface area contributed by atoms with Gasteiger partial charge >= 0.3 is 0 Å². The van der Waals surface area contributed by atoms with Gasteiger partial charge in [0.1, 0.15) is 0 Å². The molecule has 0 spiro atoms. The van der Waals surface area contributed by atoms with Crippen molar-refractivity contribution in [2.24, 2.45) is 0 Å². The summed E-state index contributed by atoms with van der Waals surface area (Å²) in [5, 5.41) is 26.2. The van der Waals surface area contributed by atoms with Crippen LogP contribution in [0.5, 0.6) is 0 Å². The molecule has 114 valence electrons. The second-order valence-electron chi connectivity index (χ2n) is 5.23. The van der Waals surface area contributed by atoms with Gasteiger partial charge in [-0.1, -0.05) is 11.6 Å². The summed E-state index contributed by atoms with van der Waals surface area (Å²) in [5.41, 5.74) is 0.145. The molecule has 2 aromatic rings. The standard InChI is InChI=1S/C15H15ClN4O2/c1-10-5-13(4-3-11(10)6-17)19-14(21)15(2,22)9-20-8-12(16)7-18-20/h3-5,7-8,22H,9H2,1-2H3,(H,19,21). The van der Waals surface area contributed by atoms with Crippen LogP contribution in [0.1, 0.15) is 18.1 Å². The molecule has 2 N–H and O–H groups in total. The van der Waals surface area contributed by atoms with E-state index in [-0.39, 0.29) is 6.54 Å². The van der Waals surface area contributed by atoms with Gasteiger partial charge in [0, 0.05) is 11.9 Å². The molecule has 7 heteroatoms. The molecule has 0 bridgehead atoms. The van der Waals surface area contributed by atoms with Crippen LogP contribution >= 0.6 is 11.6 Å². The van der Waals surface area contributed by atoms with E-state index in [1.807, 2.05) is 0 Å². The van der Waals surface area contributed by atoms with E-state index < -0.39 is 11.5 Å². The van der Waals surface area contributed by atoms with Crippen LogP contribution in [0.2, 0.25) is 5.02 Å². The number of halogens is 1. The van der Waals surface area contributed by atoms with Gasteiger partial charge in [0.2, 0.25) is 0 Å². The topological polar surface area (TPSA) is 90.9 Å². The van der Waals surface area contributed by atoms with Crippen molar-refractivity contribution in [3.63, 3.8) is 0 Å². The normalized spacial score (nSPS) is 13.2. The molecular weight excluding hydrogens is 304 g/mol. The first-order valence-electron chi connectivity index (χ1n) is 6.54. The highest BCUT2D eigenvalue weighted by molar-refractivity contribution is 6.30. The van der Waals surface area contributed by atoms with E-state index in [4.69, 9.17) is 16.9 Å². The third-order valence-corrected chi connectivity index (χ3v) is 3.36. The Hall–Kier alpha value is -2.36. The first kappa shape index (κ1) is 16.0. The summed E-state index contributed by atoms with van der Waals surface area (Å²) in [7, 11) is 0. The van der Waals surface area contributed by atoms with Crippen LogP contribution in [-0.2, 0) is 11.3 Å². The fourth-order valence-electron chi connectivity index (χ4n) is 1.94. The maximum atomic E-state index is 12.2. The number of hydrogen-bond acceptors (Lipinski definition) is 4. The van der Waals surface area contributed by atoms with Crippen LogP contribution in [0, 0.1) is 18.3 Å². The van der Waals surface area contributed by atoms with Gasteiger partial charge in [0.15, 0.2) is 5.60 Å². The molecule has 1 heterocycles. The number of anilines is 1. The molecule has 22 heavy (non-hydrogen) atoms. The maximum Gasteiger partial charge on any atom is 0.257 e. The number of nitrogens with zero attached hydrogens (tertiary/aromatic N) is 3. The maximum absolute atomic E-state index is 12.2. The molecule has 0 saturated carbocycles. The highest BCUT2D eigenvalue weighted by Gasteiger charge is 2.31. The molecular formula is C15H15ClN4O2. The lowest BCUT2D eigenvalue weighted by Gasteiger charge is -2.22. The minimum Gasteiger partial charge on any atom is -0.378 e. The number of nitrogens with one attached hydrogen (secondary N) is 1. The molecule has 0 radical (unpaired) electrons. The van der Waals surface area contributed by atoms with Gasteiger partial charge in [-0.15, -0.1) is 0 Å². The summed E-state index contributed by atoms with van der Waals surface area (Å²) in [6.45, 7) is 3.15. The van der Waals surface area contributed by atoms with Crippen molar-refractivity contribution in [2.45, 2.75) is 26.0 Å². The fraction of sp³-hybridized carbons (Fsp3) is 0.267. The van der Waals surface area contributed by atoms with E-state index in [2.05, 4.69) is 16.5 Å². The molecule has 0 aliphatic heterocycles. The Kier molecular flexibility index (Phi) is 4.50. The zero-order chi connectivity index (χ0) is 16.3. The SMILES string of the molecule is Cc1cc(NC(=O)C(C)(O)Cn2cc(Cl)cn2)ccc1C#N. The summed E-state index contributed by atoms with van der Waals surface area (Å²) < 4.78 is 1.39. The van der Waals surface area contributed by atoms with Crippen LogP contribution in [0.15, 0.2) is 30.6 Å². The van der Waals surface area contributed by atoms with E-state index in [1.165, 1.54) is 24.0 Å². The number of aliphatic hydroxyl groups is 1. The molecule has 1 atom stereocenters. The Morgan fingerprint density at radius 1 is 1.59 bits per heavy atom. The van der Waals surface area contributed by atoms with Gasteiger partial charge in [-0.2, -0.15) is 10.4 Å². The molecule has 0 fully saturated rings. The van der Waals surface area contributed by atoms with Crippen molar-refractivity contribution in [1.29, 1.82) is 5.26 Å². The third-order valence-electron chi connectivity index (χ3n) is 3.17. The van der Waals surface area contributed by atoms with Gasteiger partial charge in [-0.05, 0) is 37.6 Å². The summed E-state index contributed by atoms with van der Waals surface area (Å²) in [5.74, 6) is -0.566. The Morgan fingerprint density at radius 3 is 2.86 bits per heavy atom. The monoisotopic (exact) mass is 318 g/mol. The van der Waals surface area contributed by atoms with Crippen molar-refractivity contribution >= 4 is 23.2 Å². The lowest BCUT2D eigenvalue weighted by molar-refractivity contribution is -0.133. The van der Waals surface area contributed by atoms with Gasteiger partial charge in [-0.3, -0.25) is 9.48 Å². The van der Waals surface area contributed by atoms with Crippen molar-refractivity contribution in [1.82, 2.24) is 9.78 Å². The highest BCUT2D eigenvalue weighted by atomic mass is 35.5. The third kappa shape index (κ3) is 3.64. The lowest BCUT2D eigenvalue weighted by Crippen LogP contribution is -2.43. The minimum atomic E-state index is -1.66. The van der Waals surface area contributed by atoms with Crippen LogP contribution < -0.4 is 5.32 Å². The Morgan fingerprint density at radius 2 is 2.32 bits per heavy atom. The van der Waals surface area contributed by atoms with Crippen LogP contribution in [0.4, 0.5) is 5.69 Å². The van der Waals surface area contributed by atoms with Crippen molar-refractivity contribution in [2.75, 3.05) is 5.32 Å². The second kappa shape index (κ2) is 6.18. The molecule has 1 unspecified atom stereocenters. The molecule has 1 amide bonds. The molecule has 0 aliphatic rings. The van der Waals surface area contributed by atoms with Crippen molar-refractivity contribution in [3.05, 3.63) is 46.7 Å². The lowest BCUT2D eigenvalue weighted by atomic mass is 10.1. The number of amides is 1. The van der Waals surface area contributed by atoms with Crippen LogP contribution in [0.25, 0.3) is 0 Å². The van der Waals surface area contributed by atoms with E-state index in [9.17, 15) is 9.90 Å². The molecule has 2 rings (SSSR count). The molecule has 1 aromatic heterocycles. The zero-order valence-electron chi connectivity index (χ0n) is 12.2. The minimum absolute atomic E-state index is 0.0270. The van der Waals surface area contributed by atoms with E-state index in [0.29, 0.717) is 16.3 Å². The molecule has 0 saturated heterocycles. The molecule has 1 aromatic carbocycles. The Bertz CT molecular complexity index is 746. The number of carbonyl (C=O) groups excluding carboxylic acids is 1. The average Bonchev–Trinajstić information content (AvgIpc) is 2.83. The number of nitriles is 1. The Labute approximate surface area is 132 Å². The summed E-state index contributed by atoms with van der Waals surface area (Å²) in [6, 6.07) is 6.97. The summed E-state index contributed by atoms with van der Waals surface area (Å²) >= 11 is 5.75. The van der Waals surface area contributed by atoms with E-state index in [0.717, 1.165) is 5.56 Å². The number of hydrogen-bond donors (Lipinski definition) is 2. The summed E-state index contributed by atoms with van der Waals surface area (Å²) in [6.07, 6.45) is 2.95. The second-order valence-corrected chi connectivity index (χ2v) is 5.66. The van der Waals surface area contributed by atoms with Gasteiger partial charge in [-0.25, -0.2) is 0 Å². The van der Waals surface area contributed by atoms with E-state index >= 15 is 0 Å². The first-order valence-corrected chi connectivity index (χ1v) is 6.92. The van der Waals surface area contributed by atoms with Gasteiger partial charge in [0.05, 0.1) is 29.4 Å². The average molecular weight is 319 g/mol. The molecule has 6 nitrogen and oxygen atoms in total. The van der Waals surface area contributed by atoms with Crippen molar-refractivity contribution in [3.8, 4) is 6.07 Å². The number of benzene rings is 1. The van der Waals surface area contributed by atoms with Crippen LogP contribution in [-0.4, -0.2) is 26.4 Å². The molecule has 0 aliphatic carbocycles. The van der Waals surface area contributed by atoms with E-state index in [1.54, 1.807) is 25.1 Å². The summed E-state index contributed by atoms with van der Waals surface area (Å²) in [4.78, 5) is 12.2. The predicted octanol–water partition coefficient (Wildman–Crippen LogP) is 2.11. The largest absolute Gasteiger partial charge is 0.378 e. The van der Waals surface area contributed by atoms with Gasteiger partial charge < -0.3 is 10.4 Å².